The lowest BCUT2D eigenvalue weighted by Crippen LogP contribution is -2.35. The number of rotatable bonds is 5. The van der Waals surface area contributed by atoms with Crippen LogP contribution in [0.15, 0.2) is 36.4 Å². The molecule has 150 valence electrons. The fourth-order valence-electron chi connectivity index (χ4n) is 1.90. The Kier molecular flexibility index (Phi) is 6.99. The minimum atomic E-state index is -3.70. The van der Waals surface area contributed by atoms with E-state index in [4.69, 9.17) is 0 Å². The molecule has 0 fully saturated rings. The number of amides is 3. The molecule has 0 aromatic heterocycles. The summed E-state index contributed by atoms with van der Waals surface area (Å²) in [4.78, 5) is 23.5. The summed E-state index contributed by atoms with van der Waals surface area (Å²) in [7, 11) is 0. The van der Waals surface area contributed by atoms with E-state index in [1.807, 2.05) is 5.32 Å². The van der Waals surface area contributed by atoms with E-state index in [1.165, 1.54) is 0 Å². The topological polar surface area (TPSA) is 67.4 Å². The maximum atomic E-state index is 14.0. The Balaban J connectivity index is 2.07. The second kappa shape index (κ2) is 8.86. The van der Waals surface area contributed by atoms with Crippen LogP contribution in [0.25, 0.3) is 0 Å². The molecule has 2 rings (SSSR count). The van der Waals surface area contributed by atoms with Gasteiger partial charge < -0.3 is 10.1 Å². The lowest BCUT2D eigenvalue weighted by molar-refractivity contribution is -0.158. The van der Waals surface area contributed by atoms with Crippen molar-refractivity contribution in [3.8, 4) is 5.75 Å². The first-order chi connectivity index (χ1) is 13.0. The van der Waals surface area contributed by atoms with Crippen LogP contribution in [-0.2, 0) is 0 Å². The van der Waals surface area contributed by atoms with Crippen LogP contribution in [0, 0.1) is 17.5 Å². The summed E-state index contributed by atoms with van der Waals surface area (Å²) < 4.78 is 70.6. The van der Waals surface area contributed by atoms with E-state index in [2.05, 4.69) is 36.6 Å². The largest absolute Gasteiger partial charge is 0.431 e. The number of halogens is 7. The lowest BCUT2D eigenvalue weighted by Gasteiger charge is -2.19. The molecule has 0 unspecified atom stereocenters. The molecular weight excluding hydrogens is 523 g/mol. The second-order valence-corrected chi connectivity index (χ2v) is 8.17. The van der Waals surface area contributed by atoms with Crippen molar-refractivity contribution in [3.05, 3.63) is 59.4 Å². The maximum Gasteiger partial charge on any atom is 0.420 e. The fraction of sp³-hybridized carbons (Fsp3) is 0.125. The molecule has 3 amide bonds. The number of hydrogen-bond donors (Lipinski definition) is 2. The van der Waals surface area contributed by atoms with E-state index in [0.29, 0.717) is 6.07 Å². The SMILES string of the molecule is O=C(NC(=O)c1c(F)cccc1F)Nc1ccc(OC(F)(F)C(Br)Br)cc1F. The zero-order chi connectivity index (χ0) is 21.1. The van der Waals surface area contributed by atoms with E-state index < -0.39 is 56.2 Å². The molecule has 0 aliphatic carbocycles. The van der Waals surface area contributed by atoms with Gasteiger partial charge in [0, 0.05) is 6.07 Å². The minimum Gasteiger partial charge on any atom is -0.431 e. The molecule has 0 spiro atoms. The highest BCUT2D eigenvalue weighted by Gasteiger charge is 2.39. The number of alkyl halides is 4. The highest BCUT2D eigenvalue weighted by Crippen LogP contribution is 2.33. The molecule has 0 radical (unpaired) electrons. The highest BCUT2D eigenvalue weighted by molar-refractivity contribution is 9.24. The molecule has 2 aromatic carbocycles. The Labute approximate surface area is 171 Å². The summed E-state index contributed by atoms with van der Waals surface area (Å²) in [5.41, 5.74) is -1.49. The van der Waals surface area contributed by atoms with Crippen LogP contribution < -0.4 is 15.4 Å². The predicted molar refractivity (Wildman–Crippen MR) is 96.5 cm³/mol. The van der Waals surface area contributed by atoms with Crippen LogP contribution in [0.3, 0.4) is 0 Å². The Morgan fingerprint density at radius 2 is 1.61 bits per heavy atom. The van der Waals surface area contributed by atoms with Crippen molar-refractivity contribution in [2.45, 2.75) is 9.85 Å². The number of carbonyl (C=O) groups excluding carboxylic acids is 2. The first-order valence-electron chi connectivity index (χ1n) is 7.22. The van der Waals surface area contributed by atoms with Crippen molar-refractivity contribution in [1.82, 2.24) is 5.32 Å². The number of urea groups is 1. The van der Waals surface area contributed by atoms with Gasteiger partial charge in [0.15, 0.2) is 3.74 Å². The van der Waals surface area contributed by atoms with Gasteiger partial charge in [-0.1, -0.05) is 37.9 Å². The molecule has 0 atom stereocenters. The van der Waals surface area contributed by atoms with Crippen molar-refractivity contribution in [3.63, 3.8) is 0 Å². The molecule has 0 bridgehead atoms. The average Bonchev–Trinajstić information content (AvgIpc) is 2.56. The summed E-state index contributed by atoms with van der Waals surface area (Å²) >= 11 is 5.14. The number of imide groups is 1. The first kappa shape index (κ1) is 22.1. The summed E-state index contributed by atoms with van der Waals surface area (Å²) in [6.07, 6.45) is -3.70. The van der Waals surface area contributed by atoms with E-state index >= 15 is 0 Å². The fourth-order valence-corrected chi connectivity index (χ4v) is 2.08. The quantitative estimate of drug-likeness (QED) is 0.414. The van der Waals surface area contributed by atoms with Crippen LogP contribution in [0.5, 0.6) is 5.75 Å². The van der Waals surface area contributed by atoms with Crippen molar-refractivity contribution in [1.29, 1.82) is 0 Å². The van der Waals surface area contributed by atoms with E-state index in [0.717, 1.165) is 30.3 Å². The number of benzene rings is 2. The normalized spacial score (nSPS) is 11.3. The third-order valence-electron chi connectivity index (χ3n) is 3.11. The van der Waals surface area contributed by atoms with Crippen LogP contribution in [-0.4, -0.2) is 21.8 Å². The highest BCUT2D eigenvalue weighted by atomic mass is 79.9. The molecule has 28 heavy (non-hydrogen) atoms. The van der Waals surface area contributed by atoms with Crippen molar-refractivity contribution in [2.75, 3.05) is 5.32 Å². The number of ether oxygens (including phenoxy) is 1. The molecule has 0 aliphatic rings. The number of nitrogens with one attached hydrogen (secondary N) is 2. The third kappa shape index (κ3) is 5.41. The van der Waals surface area contributed by atoms with Crippen molar-refractivity contribution >= 4 is 49.5 Å². The number of carbonyl (C=O) groups is 2. The monoisotopic (exact) mass is 530 g/mol. The molecule has 0 aliphatic heterocycles. The van der Waals surface area contributed by atoms with E-state index in [-0.39, 0.29) is 0 Å². The van der Waals surface area contributed by atoms with Crippen LogP contribution >= 0.6 is 31.9 Å². The molecular formula is C16H9Br2F5N2O3. The Hall–Kier alpha value is -2.21. The summed E-state index contributed by atoms with van der Waals surface area (Å²) in [5.74, 6) is -5.49. The van der Waals surface area contributed by atoms with Gasteiger partial charge in [0.1, 0.15) is 28.8 Å². The zero-order valence-corrected chi connectivity index (χ0v) is 16.6. The van der Waals surface area contributed by atoms with Gasteiger partial charge in [0.05, 0.1) is 5.69 Å². The Morgan fingerprint density at radius 1 is 1.00 bits per heavy atom. The smallest absolute Gasteiger partial charge is 0.420 e. The minimum absolute atomic E-state index is 0.496. The predicted octanol–water partition coefficient (Wildman–Crippen LogP) is 5.15. The number of hydrogen-bond acceptors (Lipinski definition) is 3. The standard InChI is InChI=1S/C16H9Br2F5N2O3/c17-14(18)16(22,23)28-7-4-5-11(10(21)6-7)24-15(27)25-13(26)12-8(19)2-1-3-9(12)20/h1-6,14H,(H2,24,25,26,27). The second-order valence-electron chi connectivity index (χ2n) is 5.11. The summed E-state index contributed by atoms with van der Waals surface area (Å²) in [5, 5.41) is 3.53. The Bertz CT molecular complexity index is 892. The lowest BCUT2D eigenvalue weighted by atomic mass is 10.2. The van der Waals surface area contributed by atoms with Gasteiger partial charge in [-0.3, -0.25) is 10.1 Å². The zero-order valence-electron chi connectivity index (χ0n) is 13.4. The third-order valence-corrected chi connectivity index (χ3v) is 4.18. The molecule has 12 heteroatoms. The summed E-state index contributed by atoms with van der Waals surface area (Å²) in [6.45, 7) is 0. The Morgan fingerprint density at radius 3 is 2.14 bits per heavy atom. The molecule has 2 aromatic rings. The van der Waals surface area contributed by atoms with Gasteiger partial charge >= 0.3 is 12.1 Å². The molecule has 0 saturated carbocycles. The van der Waals surface area contributed by atoms with E-state index in [9.17, 15) is 31.5 Å². The molecule has 0 saturated heterocycles. The average molecular weight is 532 g/mol. The van der Waals surface area contributed by atoms with Gasteiger partial charge in [-0.2, -0.15) is 8.78 Å². The van der Waals surface area contributed by atoms with Gasteiger partial charge in [0.2, 0.25) is 0 Å². The van der Waals surface area contributed by atoms with Gasteiger partial charge in [-0.15, -0.1) is 0 Å². The maximum absolute atomic E-state index is 14.0. The van der Waals surface area contributed by atoms with Crippen LogP contribution in [0.4, 0.5) is 32.4 Å². The van der Waals surface area contributed by atoms with Gasteiger partial charge in [-0.25, -0.2) is 18.0 Å². The molecule has 5 nitrogen and oxygen atoms in total. The summed E-state index contributed by atoms with van der Waals surface area (Å²) in [6, 6.07) is 3.76. The van der Waals surface area contributed by atoms with Crippen LogP contribution in [0.1, 0.15) is 10.4 Å². The van der Waals surface area contributed by atoms with Gasteiger partial charge in [0.25, 0.3) is 5.91 Å². The van der Waals surface area contributed by atoms with Gasteiger partial charge in [-0.05, 0) is 24.3 Å². The van der Waals surface area contributed by atoms with Crippen molar-refractivity contribution in [2.24, 2.45) is 0 Å². The van der Waals surface area contributed by atoms with E-state index in [1.54, 1.807) is 5.32 Å². The number of anilines is 1. The van der Waals surface area contributed by atoms with Crippen molar-refractivity contribution < 1.29 is 36.3 Å². The first-order valence-corrected chi connectivity index (χ1v) is 9.05. The molecule has 2 N–H and O–H groups in total. The van der Waals surface area contributed by atoms with Crippen LogP contribution in [0.2, 0.25) is 0 Å². The molecule has 0 heterocycles.